The molecule has 0 saturated heterocycles. The number of benzene rings is 2. The molecule has 2 aromatic carbocycles. The first-order chi connectivity index (χ1) is 14.6. The predicted molar refractivity (Wildman–Crippen MR) is 129 cm³/mol. The van der Waals surface area contributed by atoms with E-state index in [0.29, 0.717) is 0 Å². The smallest absolute Gasteiger partial charge is 0.123 e. The summed E-state index contributed by atoms with van der Waals surface area (Å²) in [7, 11) is 0. The number of allylic oxidation sites excluding steroid dienone is 1. The molecule has 0 aliphatic heterocycles. The van der Waals surface area contributed by atoms with Gasteiger partial charge in [-0.15, -0.1) is 0 Å². The summed E-state index contributed by atoms with van der Waals surface area (Å²) in [5, 5.41) is 0. The average molecular weight is 414 g/mol. The highest BCUT2D eigenvalue weighted by molar-refractivity contribution is 5.83. The zero-order chi connectivity index (χ0) is 22.6. The van der Waals surface area contributed by atoms with Crippen LogP contribution in [0.5, 0.6) is 0 Å². The van der Waals surface area contributed by atoms with Gasteiger partial charge in [-0.25, -0.2) is 4.39 Å². The van der Waals surface area contributed by atoms with E-state index in [9.17, 15) is 4.39 Å². The third-order valence-electron chi connectivity index (χ3n) is 6.77. The van der Waals surface area contributed by atoms with Crippen molar-refractivity contribution in [3.63, 3.8) is 0 Å². The van der Waals surface area contributed by atoms with Gasteiger partial charge >= 0.3 is 0 Å². The molecule has 31 heavy (non-hydrogen) atoms. The third-order valence-corrected chi connectivity index (χ3v) is 6.77. The van der Waals surface area contributed by atoms with E-state index in [1.165, 1.54) is 22.3 Å². The van der Waals surface area contributed by atoms with Crippen LogP contribution >= 0.6 is 0 Å². The first kappa shape index (κ1) is 21.5. The Morgan fingerprint density at radius 2 is 1.45 bits per heavy atom. The van der Waals surface area contributed by atoms with Crippen LogP contribution in [0.3, 0.4) is 0 Å². The topological polar surface area (TPSA) is 12.9 Å². The number of fused-ring (bicyclic) bond motifs is 2. The molecule has 1 aromatic heterocycles. The molecule has 0 saturated carbocycles. The Morgan fingerprint density at radius 3 is 2.00 bits per heavy atom. The Morgan fingerprint density at radius 1 is 0.871 bits per heavy atom. The average Bonchev–Trinajstić information content (AvgIpc) is 2.73. The van der Waals surface area contributed by atoms with Crippen LogP contribution in [0.25, 0.3) is 17.2 Å². The Labute approximate surface area is 186 Å². The Hall–Kier alpha value is -2.74. The van der Waals surface area contributed by atoms with Crippen molar-refractivity contribution < 1.29 is 4.39 Å². The normalized spacial score (nSPS) is 16.4. The molecule has 0 bridgehead atoms. The molecule has 2 heteroatoms. The monoisotopic (exact) mass is 413 g/mol. The fourth-order valence-electron chi connectivity index (χ4n) is 5.21. The summed E-state index contributed by atoms with van der Waals surface area (Å²) in [6.07, 6.45) is 4.25. The molecule has 0 radical (unpaired) electrons. The van der Waals surface area contributed by atoms with E-state index in [0.717, 1.165) is 22.5 Å². The second-order valence-electron chi connectivity index (χ2n) is 9.97. The lowest BCUT2D eigenvalue weighted by Crippen LogP contribution is -2.38. The van der Waals surface area contributed by atoms with Gasteiger partial charge in [0.25, 0.3) is 0 Å². The Balaban J connectivity index is 2.22. The highest BCUT2D eigenvalue weighted by Crippen LogP contribution is 2.53. The summed E-state index contributed by atoms with van der Waals surface area (Å²) in [6, 6.07) is 15.7. The lowest BCUT2D eigenvalue weighted by Gasteiger charge is -2.45. The quantitative estimate of drug-likeness (QED) is 0.424. The summed E-state index contributed by atoms with van der Waals surface area (Å²) >= 11 is 0. The van der Waals surface area contributed by atoms with Crippen LogP contribution in [0.15, 0.2) is 54.6 Å². The van der Waals surface area contributed by atoms with Crippen LogP contribution in [-0.4, -0.2) is 4.98 Å². The lowest BCUT2D eigenvalue weighted by molar-refractivity contribution is 0.502. The number of rotatable bonds is 3. The van der Waals surface area contributed by atoms with Crippen molar-refractivity contribution >= 4 is 6.08 Å². The van der Waals surface area contributed by atoms with Crippen molar-refractivity contribution in [3.05, 3.63) is 94.1 Å². The first-order valence-corrected chi connectivity index (χ1v) is 11.2. The molecule has 0 fully saturated rings. The van der Waals surface area contributed by atoms with E-state index >= 15 is 0 Å². The molecule has 1 heterocycles. The van der Waals surface area contributed by atoms with Gasteiger partial charge in [-0.05, 0) is 52.8 Å². The summed E-state index contributed by atoms with van der Waals surface area (Å²) < 4.78 is 13.8. The Bertz CT molecular complexity index is 1160. The highest BCUT2D eigenvalue weighted by Gasteiger charge is 2.45. The van der Waals surface area contributed by atoms with Gasteiger partial charge < -0.3 is 0 Å². The maximum Gasteiger partial charge on any atom is 0.123 e. The first-order valence-electron chi connectivity index (χ1n) is 11.2. The largest absolute Gasteiger partial charge is 0.256 e. The van der Waals surface area contributed by atoms with E-state index < -0.39 is 0 Å². The summed E-state index contributed by atoms with van der Waals surface area (Å²) in [4.78, 5) is 5.36. The molecule has 0 N–H and O–H groups in total. The molecule has 0 unspecified atom stereocenters. The third kappa shape index (κ3) is 3.24. The maximum atomic E-state index is 13.8. The van der Waals surface area contributed by atoms with Crippen LogP contribution in [0.1, 0.15) is 88.0 Å². The minimum absolute atomic E-state index is 0.215. The van der Waals surface area contributed by atoms with Crippen molar-refractivity contribution in [1.29, 1.82) is 0 Å². The van der Waals surface area contributed by atoms with E-state index in [1.54, 1.807) is 12.1 Å². The van der Waals surface area contributed by atoms with Crippen molar-refractivity contribution in [3.8, 4) is 11.1 Å². The van der Waals surface area contributed by atoms with Crippen molar-refractivity contribution in [2.75, 3.05) is 0 Å². The van der Waals surface area contributed by atoms with Gasteiger partial charge in [-0.1, -0.05) is 90.1 Å². The zero-order valence-electron chi connectivity index (χ0n) is 19.7. The van der Waals surface area contributed by atoms with Crippen molar-refractivity contribution in [1.82, 2.24) is 4.98 Å². The molecule has 1 aliphatic rings. The minimum Gasteiger partial charge on any atom is -0.256 e. The summed E-state index contributed by atoms with van der Waals surface area (Å²) in [5.74, 6) is 0.0556. The molecule has 0 amide bonds. The minimum atomic E-state index is -0.232. The van der Waals surface area contributed by atoms with Crippen LogP contribution in [0, 0.1) is 5.82 Å². The molecule has 1 nitrogen and oxygen atoms in total. The maximum absolute atomic E-state index is 13.8. The van der Waals surface area contributed by atoms with E-state index in [1.807, 2.05) is 19.1 Å². The van der Waals surface area contributed by atoms with E-state index in [2.05, 4.69) is 78.0 Å². The van der Waals surface area contributed by atoms with Crippen LogP contribution in [-0.2, 0) is 10.8 Å². The molecule has 0 atom stereocenters. The standard InChI is InChI=1S/C29H32FN/c1-8-11-21-24(19-14-16-20(30)17-15-19)25-27(31-26(21)18(2)3)29(6,7)23-13-10-9-12-22(23)28(25,4)5/h8-18H,1-7H3/b11-8+. The lowest BCUT2D eigenvalue weighted by atomic mass is 9.60. The summed E-state index contributed by atoms with van der Waals surface area (Å²) in [6.45, 7) is 15.6. The van der Waals surface area contributed by atoms with E-state index in [-0.39, 0.29) is 22.6 Å². The van der Waals surface area contributed by atoms with Gasteiger partial charge in [0.15, 0.2) is 0 Å². The number of aromatic nitrogens is 1. The van der Waals surface area contributed by atoms with Gasteiger partial charge in [-0.3, -0.25) is 4.98 Å². The molecule has 0 spiro atoms. The number of halogens is 1. The van der Waals surface area contributed by atoms with Crippen LogP contribution in [0.4, 0.5) is 4.39 Å². The van der Waals surface area contributed by atoms with Crippen LogP contribution < -0.4 is 0 Å². The van der Waals surface area contributed by atoms with Gasteiger partial charge in [-0.2, -0.15) is 0 Å². The second kappa shape index (κ2) is 7.44. The van der Waals surface area contributed by atoms with Gasteiger partial charge in [0.1, 0.15) is 5.82 Å². The fraction of sp³-hybridized carbons (Fsp3) is 0.345. The van der Waals surface area contributed by atoms with Gasteiger partial charge in [0, 0.05) is 16.4 Å². The Kier molecular flexibility index (Phi) is 5.16. The molecular weight excluding hydrogens is 381 g/mol. The highest BCUT2D eigenvalue weighted by atomic mass is 19.1. The SMILES string of the molecule is C/C=C/c1c(C(C)C)nc2c(c1-c1ccc(F)cc1)C(C)(C)c1ccccc1C2(C)C. The molecule has 1 aliphatic carbocycles. The number of hydrogen-bond acceptors (Lipinski definition) is 1. The predicted octanol–water partition coefficient (Wildman–Crippen LogP) is 8.01. The zero-order valence-corrected chi connectivity index (χ0v) is 19.7. The molecule has 3 aromatic rings. The number of pyridine rings is 1. The molecule has 160 valence electrons. The van der Waals surface area contributed by atoms with E-state index in [4.69, 9.17) is 4.98 Å². The van der Waals surface area contributed by atoms with Gasteiger partial charge in [0.2, 0.25) is 0 Å². The summed E-state index contributed by atoms with van der Waals surface area (Å²) in [5.41, 5.74) is 9.05. The number of nitrogens with zero attached hydrogens (tertiary/aromatic N) is 1. The second-order valence-corrected chi connectivity index (χ2v) is 9.97. The molecule has 4 rings (SSSR count). The van der Waals surface area contributed by atoms with Gasteiger partial charge in [0.05, 0.1) is 11.4 Å². The van der Waals surface area contributed by atoms with Crippen molar-refractivity contribution in [2.45, 2.75) is 65.2 Å². The fourth-order valence-corrected chi connectivity index (χ4v) is 5.21. The van der Waals surface area contributed by atoms with Crippen LogP contribution in [0.2, 0.25) is 0 Å². The number of hydrogen-bond donors (Lipinski definition) is 0. The molecular formula is C29H32FN. The van der Waals surface area contributed by atoms with Crippen molar-refractivity contribution in [2.24, 2.45) is 0 Å².